The van der Waals surface area contributed by atoms with Crippen LogP contribution in [-0.2, 0) is 11.3 Å². The number of aromatic nitrogens is 4. The molecule has 1 aromatic heterocycles. The van der Waals surface area contributed by atoms with Gasteiger partial charge in [-0.1, -0.05) is 6.92 Å². The topological polar surface area (TPSA) is 80.9 Å². The molecule has 0 aliphatic heterocycles. The Balaban J connectivity index is 2.41. The lowest BCUT2D eigenvalue weighted by Crippen LogP contribution is -2.32. The Morgan fingerprint density at radius 1 is 1.43 bits per heavy atom. The Labute approximate surface area is 119 Å². The number of halogens is 2. The number of tetrazole rings is 1. The number of carboxylic acid groups (broad SMARTS) is 1. The van der Waals surface area contributed by atoms with Crippen LogP contribution in [0.2, 0.25) is 0 Å². The first kappa shape index (κ1) is 15.0. The molecule has 0 radical (unpaired) electrons. The quantitative estimate of drug-likeness (QED) is 0.914. The number of hydrogen-bond donors (Lipinski definition) is 1. The predicted octanol–water partition coefficient (Wildman–Crippen LogP) is 2.12. The van der Waals surface area contributed by atoms with E-state index in [0.717, 1.165) is 12.1 Å². The van der Waals surface area contributed by atoms with Crippen molar-refractivity contribution in [2.45, 2.75) is 26.8 Å². The van der Waals surface area contributed by atoms with Gasteiger partial charge in [0.05, 0.1) is 17.5 Å². The molecule has 0 aliphatic carbocycles. The van der Waals surface area contributed by atoms with E-state index in [4.69, 9.17) is 0 Å². The normalized spacial score (nSPS) is 13.9. The fourth-order valence-corrected chi connectivity index (χ4v) is 1.84. The van der Waals surface area contributed by atoms with Crippen molar-refractivity contribution in [1.29, 1.82) is 0 Å². The van der Waals surface area contributed by atoms with Crippen LogP contribution in [0.4, 0.5) is 8.78 Å². The number of rotatable bonds is 5. The van der Waals surface area contributed by atoms with Gasteiger partial charge in [-0.05, 0) is 35.9 Å². The van der Waals surface area contributed by atoms with Gasteiger partial charge in [0.25, 0.3) is 0 Å². The van der Waals surface area contributed by atoms with Gasteiger partial charge in [0.1, 0.15) is 11.6 Å². The molecular weight excluding hydrogens is 282 g/mol. The van der Waals surface area contributed by atoms with Crippen LogP contribution in [0.3, 0.4) is 0 Å². The van der Waals surface area contributed by atoms with Crippen molar-refractivity contribution < 1.29 is 18.7 Å². The van der Waals surface area contributed by atoms with E-state index in [9.17, 15) is 18.7 Å². The zero-order valence-electron chi connectivity index (χ0n) is 11.5. The highest BCUT2D eigenvalue weighted by Gasteiger charge is 2.33. The summed E-state index contributed by atoms with van der Waals surface area (Å²) < 4.78 is 28.0. The van der Waals surface area contributed by atoms with E-state index in [1.165, 1.54) is 10.7 Å². The summed E-state index contributed by atoms with van der Waals surface area (Å²) in [5, 5.41) is 20.1. The van der Waals surface area contributed by atoms with Crippen LogP contribution in [-0.4, -0.2) is 31.3 Å². The Bertz CT molecular complexity index is 674. The summed E-state index contributed by atoms with van der Waals surface area (Å²) in [6.07, 6.45) is 0.355. The van der Waals surface area contributed by atoms with Crippen molar-refractivity contribution in [1.82, 2.24) is 20.2 Å². The molecule has 1 heterocycles. The van der Waals surface area contributed by atoms with Gasteiger partial charge in [0, 0.05) is 6.07 Å². The number of aliphatic carboxylic acids is 1. The maximum Gasteiger partial charge on any atom is 0.311 e. The highest BCUT2D eigenvalue weighted by atomic mass is 19.1. The summed E-state index contributed by atoms with van der Waals surface area (Å²) in [6, 6.07) is 3.04. The number of carbonyl (C=O) groups is 1. The lowest BCUT2D eigenvalue weighted by atomic mass is 9.88. The third-order valence-electron chi connectivity index (χ3n) is 3.50. The first-order chi connectivity index (χ1) is 9.87. The predicted molar refractivity (Wildman–Crippen MR) is 69.2 cm³/mol. The third-order valence-corrected chi connectivity index (χ3v) is 3.50. The van der Waals surface area contributed by atoms with Crippen LogP contribution in [0.1, 0.15) is 20.3 Å². The van der Waals surface area contributed by atoms with Gasteiger partial charge >= 0.3 is 5.97 Å². The zero-order valence-corrected chi connectivity index (χ0v) is 11.5. The Morgan fingerprint density at radius 3 is 2.71 bits per heavy atom. The largest absolute Gasteiger partial charge is 0.481 e. The van der Waals surface area contributed by atoms with E-state index in [1.54, 1.807) is 13.8 Å². The molecule has 0 bridgehead atoms. The summed E-state index contributed by atoms with van der Waals surface area (Å²) in [5.74, 6) is -2.45. The molecule has 112 valence electrons. The SMILES string of the molecule is CCC(C)(Cn1nnnc1-c1ccc(F)cc1F)C(=O)O. The highest BCUT2D eigenvalue weighted by molar-refractivity contribution is 5.74. The van der Waals surface area contributed by atoms with Gasteiger partial charge in [0.15, 0.2) is 5.82 Å². The fourth-order valence-electron chi connectivity index (χ4n) is 1.84. The Hall–Kier alpha value is -2.38. The fraction of sp³-hybridized carbons (Fsp3) is 0.385. The Kier molecular flexibility index (Phi) is 3.97. The Morgan fingerprint density at radius 2 is 2.14 bits per heavy atom. The van der Waals surface area contributed by atoms with Gasteiger partial charge in [-0.25, -0.2) is 13.5 Å². The molecule has 0 fully saturated rings. The second kappa shape index (κ2) is 5.55. The minimum absolute atomic E-state index is 0.0159. The monoisotopic (exact) mass is 296 g/mol. The van der Waals surface area contributed by atoms with Crippen molar-refractivity contribution >= 4 is 5.97 Å². The lowest BCUT2D eigenvalue weighted by molar-refractivity contribution is -0.149. The maximum absolute atomic E-state index is 13.8. The third kappa shape index (κ3) is 2.88. The molecule has 6 nitrogen and oxygen atoms in total. The van der Waals surface area contributed by atoms with E-state index in [-0.39, 0.29) is 17.9 Å². The molecule has 0 amide bonds. The number of hydrogen-bond acceptors (Lipinski definition) is 4. The van der Waals surface area contributed by atoms with E-state index in [2.05, 4.69) is 15.5 Å². The van der Waals surface area contributed by atoms with Gasteiger partial charge in [-0.3, -0.25) is 4.79 Å². The molecule has 1 aromatic carbocycles. The zero-order chi connectivity index (χ0) is 15.6. The summed E-state index contributed by atoms with van der Waals surface area (Å²) in [4.78, 5) is 11.3. The molecule has 2 rings (SSSR count). The number of carboxylic acids is 1. The first-order valence-electron chi connectivity index (χ1n) is 6.32. The average Bonchev–Trinajstić information content (AvgIpc) is 2.86. The summed E-state index contributed by atoms with van der Waals surface area (Å²) in [6.45, 7) is 3.27. The van der Waals surface area contributed by atoms with Crippen molar-refractivity contribution in [3.63, 3.8) is 0 Å². The standard InChI is InChI=1S/C13H14F2N4O2/c1-3-13(2,12(20)21)7-19-11(16-17-18-19)9-5-4-8(14)6-10(9)15/h4-6H,3,7H2,1-2H3,(H,20,21). The van der Waals surface area contributed by atoms with Crippen LogP contribution < -0.4 is 0 Å². The molecular formula is C13H14F2N4O2. The maximum atomic E-state index is 13.8. The minimum atomic E-state index is -1.08. The lowest BCUT2D eigenvalue weighted by Gasteiger charge is -2.22. The molecule has 1 atom stereocenters. The van der Waals surface area contributed by atoms with Crippen LogP contribution >= 0.6 is 0 Å². The van der Waals surface area contributed by atoms with Crippen molar-refractivity contribution in [2.24, 2.45) is 5.41 Å². The average molecular weight is 296 g/mol. The van der Waals surface area contributed by atoms with Gasteiger partial charge in [-0.15, -0.1) is 5.10 Å². The molecule has 0 saturated carbocycles. The van der Waals surface area contributed by atoms with E-state index in [0.29, 0.717) is 6.42 Å². The van der Waals surface area contributed by atoms with E-state index >= 15 is 0 Å². The van der Waals surface area contributed by atoms with Crippen LogP contribution in [0.5, 0.6) is 0 Å². The number of nitrogens with zero attached hydrogens (tertiary/aromatic N) is 4. The van der Waals surface area contributed by atoms with Gasteiger partial charge < -0.3 is 5.11 Å². The van der Waals surface area contributed by atoms with E-state index in [1.807, 2.05) is 0 Å². The van der Waals surface area contributed by atoms with Crippen LogP contribution in [0.25, 0.3) is 11.4 Å². The van der Waals surface area contributed by atoms with Gasteiger partial charge in [-0.2, -0.15) is 0 Å². The molecule has 0 aliphatic rings. The smallest absolute Gasteiger partial charge is 0.311 e. The molecule has 0 spiro atoms. The molecule has 1 N–H and O–H groups in total. The first-order valence-corrected chi connectivity index (χ1v) is 6.32. The second-order valence-electron chi connectivity index (χ2n) is 5.00. The summed E-state index contributed by atoms with van der Waals surface area (Å²) in [5.41, 5.74) is -1.06. The summed E-state index contributed by atoms with van der Waals surface area (Å²) in [7, 11) is 0. The van der Waals surface area contributed by atoms with E-state index < -0.39 is 23.0 Å². The van der Waals surface area contributed by atoms with Crippen molar-refractivity contribution in [3.8, 4) is 11.4 Å². The van der Waals surface area contributed by atoms with Crippen molar-refractivity contribution in [2.75, 3.05) is 0 Å². The number of benzene rings is 1. The second-order valence-corrected chi connectivity index (χ2v) is 5.00. The minimum Gasteiger partial charge on any atom is -0.481 e. The molecule has 1 unspecified atom stereocenters. The van der Waals surface area contributed by atoms with Crippen LogP contribution in [0, 0.1) is 17.0 Å². The summed E-state index contributed by atoms with van der Waals surface area (Å²) >= 11 is 0. The van der Waals surface area contributed by atoms with Crippen LogP contribution in [0.15, 0.2) is 18.2 Å². The molecule has 21 heavy (non-hydrogen) atoms. The highest BCUT2D eigenvalue weighted by Crippen LogP contribution is 2.27. The molecule has 8 heteroatoms. The molecule has 2 aromatic rings. The molecule has 0 saturated heterocycles. The van der Waals surface area contributed by atoms with Crippen molar-refractivity contribution in [3.05, 3.63) is 29.8 Å². The van der Waals surface area contributed by atoms with Gasteiger partial charge in [0.2, 0.25) is 0 Å².